The van der Waals surface area contributed by atoms with Crippen LogP contribution in [0.3, 0.4) is 0 Å². The number of hydrogen-bond acceptors (Lipinski definition) is 4. The Morgan fingerprint density at radius 1 is 1.33 bits per heavy atom. The Morgan fingerprint density at radius 3 is 2.48 bits per heavy atom. The van der Waals surface area contributed by atoms with Gasteiger partial charge in [-0.1, -0.05) is 20.3 Å². The number of hydrogen-bond donors (Lipinski definition) is 0. The van der Waals surface area contributed by atoms with Gasteiger partial charge in [0.1, 0.15) is 0 Å². The molecule has 0 radical (unpaired) electrons. The summed E-state index contributed by atoms with van der Waals surface area (Å²) in [5, 5.41) is 0. The van der Waals surface area contributed by atoms with Crippen LogP contribution in [0.1, 0.15) is 48.2 Å². The van der Waals surface area contributed by atoms with E-state index in [4.69, 9.17) is 15.4 Å². The van der Waals surface area contributed by atoms with Crippen LogP contribution < -0.4 is 0 Å². The Hall–Kier alpha value is -1.07. The molecule has 21 heavy (non-hydrogen) atoms. The molecule has 0 saturated carbocycles. The van der Waals surface area contributed by atoms with Gasteiger partial charge < -0.3 is 4.74 Å². The molecule has 0 bridgehead atoms. The van der Waals surface area contributed by atoms with Crippen LogP contribution >= 0.6 is 10.7 Å². The van der Waals surface area contributed by atoms with E-state index in [1.807, 2.05) is 6.92 Å². The highest BCUT2D eigenvalue weighted by Gasteiger charge is 2.19. The van der Waals surface area contributed by atoms with Crippen molar-refractivity contribution in [1.29, 1.82) is 0 Å². The lowest BCUT2D eigenvalue weighted by atomic mass is 10.0. The molecule has 0 saturated heterocycles. The highest BCUT2D eigenvalue weighted by Crippen LogP contribution is 2.23. The van der Waals surface area contributed by atoms with Gasteiger partial charge in [-0.3, -0.25) is 0 Å². The summed E-state index contributed by atoms with van der Waals surface area (Å²) < 4.78 is 28.1. The minimum absolute atomic E-state index is 0.0826. The fourth-order valence-electron chi connectivity index (χ4n) is 2.05. The highest BCUT2D eigenvalue weighted by atomic mass is 35.7. The highest BCUT2D eigenvalue weighted by molar-refractivity contribution is 8.13. The Bertz CT molecular complexity index is 623. The predicted octanol–water partition coefficient (Wildman–Crippen LogP) is 3.82. The Balaban J connectivity index is 3.01. The van der Waals surface area contributed by atoms with E-state index in [-0.39, 0.29) is 16.4 Å². The first-order valence-corrected chi connectivity index (χ1v) is 9.20. The van der Waals surface area contributed by atoms with E-state index in [0.29, 0.717) is 17.7 Å². The van der Waals surface area contributed by atoms with Gasteiger partial charge in [-0.15, -0.1) is 0 Å². The average Bonchev–Trinajstić information content (AvgIpc) is 2.38. The second-order valence-electron chi connectivity index (χ2n) is 5.34. The standard InChI is InChI=1S/C15H21ClO4S/c1-5-6-10(2)9-20-15(17)14-8-13(21(16,18)19)7-11(3)12(14)4/h7-8,10H,5-6,9H2,1-4H3. The number of ether oxygens (including phenoxy) is 1. The van der Waals surface area contributed by atoms with E-state index in [2.05, 4.69) is 6.92 Å². The molecule has 0 spiro atoms. The van der Waals surface area contributed by atoms with Gasteiger partial charge in [0.2, 0.25) is 0 Å². The van der Waals surface area contributed by atoms with Gasteiger partial charge in [-0.2, -0.15) is 0 Å². The van der Waals surface area contributed by atoms with Gasteiger partial charge in [0, 0.05) is 10.7 Å². The van der Waals surface area contributed by atoms with Gasteiger partial charge in [0.05, 0.1) is 17.1 Å². The summed E-state index contributed by atoms with van der Waals surface area (Å²) in [6, 6.07) is 2.73. The number of aryl methyl sites for hydroxylation is 1. The Kier molecular flexibility index (Phi) is 6.23. The number of rotatable bonds is 6. The van der Waals surface area contributed by atoms with E-state index >= 15 is 0 Å². The molecule has 0 aliphatic carbocycles. The lowest BCUT2D eigenvalue weighted by Crippen LogP contribution is -2.14. The molecule has 4 nitrogen and oxygen atoms in total. The summed E-state index contributed by atoms with van der Waals surface area (Å²) >= 11 is 0. The molecule has 1 aromatic rings. The van der Waals surface area contributed by atoms with Crippen molar-refractivity contribution in [3.8, 4) is 0 Å². The van der Waals surface area contributed by atoms with Gasteiger partial charge >= 0.3 is 5.97 Å². The Morgan fingerprint density at radius 2 is 1.95 bits per heavy atom. The van der Waals surface area contributed by atoms with Crippen molar-refractivity contribution in [2.45, 2.75) is 45.4 Å². The smallest absolute Gasteiger partial charge is 0.338 e. The second kappa shape index (κ2) is 7.27. The van der Waals surface area contributed by atoms with Crippen LogP contribution in [-0.2, 0) is 13.8 Å². The summed E-state index contributed by atoms with van der Waals surface area (Å²) in [6.07, 6.45) is 2.00. The molecule has 6 heteroatoms. The molecule has 0 amide bonds. The lowest BCUT2D eigenvalue weighted by Gasteiger charge is -2.13. The van der Waals surface area contributed by atoms with Gasteiger partial charge in [0.15, 0.2) is 0 Å². The van der Waals surface area contributed by atoms with Gasteiger partial charge in [-0.05, 0) is 49.4 Å². The Labute approximate surface area is 130 Å². The fraction of sp³-hybridized carbons (Fsp3) is 0.533. The van der Waals surface area contributed by atoms with Crippen LogP contribution in [0.15, 0.2) is 17.0 Å². The van der Waals surface area contributed by atoms with Crippen molar-refractivity contribution >= 4 is 25.7 Å². The van der Waals surface area contributed by atoms with Crippen LogP contribution in [0, 0.1) is 19.8 Å². The summed E-state index contributed by atoms with van der Waals surface area (Å²) in [7, 11) is 1.47. The molecule has 0 aliphatic rings. The van der Waals surface area contributed by atoms with Crippen LogP contribution in [0.2, 0.25) is 0 Å². The zero-order chi connectivity index (χ0) is 16.2. The number of benzene rings is 1. The van der Waals surface area contributed by atoms with E-state index < -0.39 is 15.0 Å². The van der Waals surface area contributed by atoms with Crippen LogP contribution in [0.4, 0.5) is 0 Å². The summed E-state index contributed by atoms with van der Waals surface area (Å²) in [5.41, 5.74) is 1.63. The zero-order valence-corrected chi connectivity index (χ0v) is 14.3. The first-order valence-electron chi connectivity index (χ1n) is 6.89. The van der Waals surface area contributed by atoms with Crippen molar-refractivity contribution in [2.75, 3.05) is 6.61 Å². The number of carbonyl (C=O) groups excluding carboxylic acids is 1. The van der Waals surface area contributed by atoms with E-state index in [9.17, 15) is 13.2 Å². The fourth-order valence-corrected chi connectivity index (χ4v) is 2.89. The molecule has 1 unspecified atom stereocenters. The minimum Gasteiger partial charge on any atom is -0.462 e. The summed E-state index contributed by atoms with van der Waals surface area (Å²) in [6.45, 7) is 7.89. The molecule has 0 aromatic heterocycles. The maximum atomic E-state index is 12.1. The van der Waals surface area contributed by atoms with Crippen LogP contribution in [0.5, 0.6) is 0 Å². The third-order valence-corrected chi connectivity index (χ3v) is 4.76. The van der Waals surface area contributed by atoms with Crippen LogP contribution in [-0.4, -0.2) is 21.0 Å². The molecular formula is C15H21ClO4S. The van der Waals surface area contributed by atoms with Crippen molar-refractivity contribution < 1.29 is 17.9 Å². The molecule has 118 valence electrons. The number of halogens is 1. The van der Waals surface area contributed by atoms with Crippen LogP contribution in [0.25, 0.3) is 0 Å². The normalized spacial score (nSPS) is 13.0. The molecule has 0 heterocycles. The van der Waals surface area contributed by atoms with Crippen molar-refractivity contribution in [3.63, 3.8) is 0 Å². The topological polar surface area (TPSA) is 60.4 Å². The molecule has 1 atom stereocenters. The second-order valence-corrected chi connectivity index (χ2v) is 7.91. The maximum Gasteiger partial charge on any atom is 0.338 e. The first-order chi connectivity index (χ1) is 9.66. The summed E-state index contributed by atoms with van der Waals surface area (Å²) in [5.74, 6) is -0.235. The SMILES string of the molecule is CCCC(C)COC(=O)c1cc(S(=O)(=O)Cl)cc(C)c1C. The van der Waals surface area contributed by atoms with E-state index in [0.717, 1.165) is 12.8 Å². The average molecular weight is 333 g/mol. The summed E-state index contributed by atoms with van der Waals surface area (Å²) in [4.78, 5) is 12.1. The molecule has 0 N–H and O–H groups in total. The molecule has 1 rings (SSSR count). The predicted molar refractivity (Wildman–Crippen MR) is 83.3 cm³/mol. The first kappa shape index (κ1) is 18.0. The maximum absolute atomic E-state index is 12.1. The molecular weight excluding hydrogens is 312 g/mol. The number of esters is 1. The quantitative estimate of drug-likeness (QED) is 0.587. The van der Waals surface area contributed by atoms with Gasteiger partial charge in [0.25, 0.3) is 9.05 Å². The third-order valence-electron chi connectivity index (χ3n) is 3.42. The van der Waals surface area contributed by atoms with Crippen molar-refractivity contribution in [1.82, 2.24) is 0 Å². The minimum atomic E-state index is -3.87. The van der Waals surface area contributed by atoms with Crippen molar-refractivity contribution in [3.05, 3.63) is 28.8 Å². The van der Waals surface area contributed by atoms with Gasteiger partial charge in [-0.25, -0.2) is 13.2 Å². The van der Waals surface area contributed by atoms with Crippen molar-refractivity contribution in [2.24, 2.45) is 5.92 Å². The molecule has 0 aliphatic heterocycles. The van der Waals surface area contributed by atoms with E-state index in [1.165, 1.54) is 12.1 Å². The third kappa shape index (κ3) is 5.00. The number of carbonyl (C=O) groups is 1. The lowest BCUT2D eigenvalue weighted by molar-refractivity contribution is 0.0442. The monoisotopic (exact) mass is 332 g/mol. The van der Waals surface area contributed by atoms with E-state index in [1.54, 1.807) is 13.8 Å². The molecule has 0 fully saturated rings. The zero-order valence-electron chi connectivity index (χ0n) is 12.8. The largest absolute Gasteiger partial charge is 0.462 e. The molecule has 1 aromatic carbocycles.